The molecular weight excluding hydrogens is 218 g/mol. The highest BCUT2D eigenvalue weighted by atomic mass is 16.7. The van der Waals surface area contributed by atoms with Crippen LogP contribution < -0.4 is 14.8 Å². The van der Waals surface area contributed by atoms with Gasteiger partial charge in [0.05, 0.1) is 0 Å². The van der Waals surface area contributed by atoms with E-state index in [9.17, 15) is 0 Å². The third-order valence-corrected chi connectivity index (χ3v) is 2.41. The summed E-state index contributed by atoms with van der Waals surface area (Å²) >= 11 is 0. The zero-order valence-corrected chi connectivity index (χ0v) is 9.30. The van der Waals surface area contributed by atoms with Gasteiger partial charge in [0, 0.05) is 24.1 Å². The third kappa shape index (κ3) is 1.99. The third-order valence-electron chi connectivity index (χ3n) is 2.41. The van der Waals surface area contributed by atoms with Gasteiger partial charge in [-0.1, -0.05) is 0 Å². The largest absolute Gasteiger partial charge is 0.454 e. The quantitative estimate of drug-likeness (QED) is 0.856. The van der Waals surface area contributed by atoms with E-state index in [1.165, 1.54) is 0 Å². The first-order valence-electron chi connectivity index (χ1n) is 5.26. The Morgan fingerprint density at radius 2 is 1.88 bits per heavy atom. The second-order valence-electron chi connectivity index (χ2n) is 3.78. The number of hydrogen-bond donors (Lipinski definition) is 1. The number of benzene rings is 1. The van der Waals surface area contributed by atoms with Gasteiger partial charge in [0.1, 0.15) is 0 Å². The van der Waals surface area contributed by atoms with Crippen LogP contribution >= 0.6 is 0 Å². The number of nitrogens with zero attached hydrogens (tertiary/aromatic N) is 2. The van der Waals surface area contributed by atoms with Crippen LogP contribution in [0.25, 0.3) is 0 Å². The lowest BCUT2D eigenvalue weighted by Crippen LogP contribution is -1.96. The molecule has 1 aromatic carbocycles. The summed E-state index contributed by atoms with van der Waals surface area (Å²) in [4.78, 5) is 8.35. The summed E-state index contributed by atoms with van der Waals surface area (Å²) in [5, 5.41) is 3.10. The fourth-order valence-corrected chi connectivity index (χ4v) is 1.56. The van der Waals surface area contributed by atoms with Gasteiger partial charge in [0.2, 0.25) is 12.7 Å². The first-order valence-corrected chi connectivity index (χ1v) is 5.26. The molecule has 0 saturated heterocycles. The molecule has 0 fully saturated rings. The van der Waals surface area contributed by atoms with Crippen molar-refractivity contribution in [3.8, 4) is 11.5 Å². The monoisotopic (exact) mass is 229 g/mol. The van der Waals surface area contributed by atoms with Gasteiger partial charge in [-0.25, -0.2) is 9.97 Å². The second-order valence-corrected chi connectivity index (χ2v) is 3.78. The van der Waals surface area contributed by atoms with E-state index in [0.29, 0.717) is 5.95 Å². The highest BCUT2D eigenvalue weighted by Gasteiger charge is 2.13. The van der Waals surface area contributed by atoms with Crippen LogP contribution in [0, 0.1) is 6.92 Å². The summed E-state index contributed by atoms with van der Waals surface area (Å²) < 4.78 is 10.5. The number of anilines is 2. The fraction of sp³-hybridized carbons (Fsp3) is 0.167. The maximum atomic E-state index is 5.29. The van der Waals surface area contributed by atoms with Crippen molar-refractivity contribution in [2.75, 3.05) is 12.1 Å². The van der Waals surface area contributed by atoms with Gasteiger partial charge in [0.15, 0.2) is 11.5 Å². The van der Waals surface area contributed by atoms with E-state index in [1.54, 1.807) is 12.4 Å². The molecule has 0 saturated carbocycles. The van der Waals surface area contributed by atoms with Gasteiger partial charge in [-0.05, 0) is 24.6 Å². The Morgan fingerprint density at radius 1 is 1.12 bits per heavy atom. The summed E-state index contributed by atoms with van der Waals surface area (Å²) in [6, 6.07) is 5.63. The Morgan fingerprint density at radius 3 is 2.71 bits per heavy atom. The number of nitrogens with one attached hydrogen (secondary N) is 1. The Kier molecular flexibility index (Phi) is 2.29. The first kappa shape index (κ1) is 9.89. The Hall–Kier alpha value is -2.30. The molecule has 2 aromatic rings. The maximum Gasteiger partial charge on any atom is 0.231 e. The molecule has 1 aliphatic heterocycles. The number of fused-ring (bicyclic) bond motifs is 1. The van der Waals surface area contributed by atoms with E-state index in [0.717, 1.165) is 22.7 Å². The molecular formula is C12H11N3O2. The minimum atomic E-state index is 0.278. The van der Waals surface area contributed by atoms with Crippen LogP contribution in [0.1, 0.15) is 5.56 Å². The van der Waals surface area contributed by atoms with E-state index in [4.69, 9.17) is 9.47 Å². The van der Waals surface area contributed by atoms with Crippen molar-refractivity contribution in [2.45, 2.75) is 6.92 Å². The van der Waals surface area contributed by atoms with Crippen LogP contribution in [0.5, 0.6) is 11.5 Å². The number of ether oxygens (including phenoxy) is 2. The average molecular weight is 229 g/mol. The molecule has 17 heavy (non-hydrogen) atoms. The molecule has 0 amide bonds. The average Bonchev–Trinajstić information content (AvgIpc) is 2.79. The lowest BCUT2D eigenvalue weighted by atomic mass is 10.3. The number of rotatable bonds is 2. The normalized spacial score (nSPS) is 12.5. The summed E-state index contributed by atoms with van der Waals surface area (Å²) in [5.41, 5.74) is 1.90. The molecule has 0 unspecified atom stereocenters. The van der Waals surface area contributed by atoms with Gasteiger partial charge >= 0.3 is 0 Å². The van der Waals surface area contributed by atoms with Gasteiger partial charge < -0.3 is 14.8 Å². The molecule has 0 aliphatic carbocycles. The molecule has 86 valence electrons. The molecule has 5 nitrogen and oxygen atoms in total. The van der Waals surface area contributed by atoms with Crippen LogP contribution in [0.4, 0.5) is 11.6 Å². The van der Waals surface area contributed by atoms with E-state index in [1.807, 2.05) is 25.1 Å². The zero-order valence-electron chi connectivity index (χ0n) is 9.30. The van der Waals surface area contributed by atoms with Crippen LogP contribution in [0.15, 0.2) is 30.6 Å². The van der Waals surface area contributed by atoms with Gasteiger partial charge in [0.25, 0.3) is 0 Å². The molecule has 1 aromatic heterocycles. The Bertz CT molecular complexity index is 540. The van der Waals surface area contributed by atoms with E-state index < -0.39 is 0 Å². The van der Waals surface area contributed by atoms with Crippen molar-refractivity contribution >= 4 is 11.6 Å². The van der Waals surface area contributed by atoms with E-state index in [-0.39, 0.29) is 6.79 Å². The molecule has 5 heteroatoms. The van der Waals surface area contributed by atoms with E-state index in [2.05, 4.69) is 15.3 Å². The predicted octanol–water partition coefficient (Wildman–Crippen LogP) is 2.26. The SMILES string of the molecule is Cc1cnc(Nc2ccc3c(c2)OCO3)nc1. The smallest absolute Gasteiger partial charge is 0.231 e. The molecule has 0 radical (unpaired) electrons. The lowest BCUT2D eigenvalue weighted by molar-refractivity contribution is 0.174. The molecule has 2 heterocycles. The van der Waals surface area contributed by atoms with Crippen LogP contribution in [0.2, 0.25) is 0 Å². The predicted molar refractivity (Wildman–Crippen MR) is 62.6 cm³/mol. The molecule has 1 aliphatic rings. The minimum absolute atomic E-state index is 0.278. The van der Waals surface area contributed by atoms with Crippen molar-refractivity contribution in [1.82, 2.24) is 9.97 Å². The standard InChI is InChI=1S/C12H11N3O2/c1-8-5-13-12(14-6-8)15-9-2-3-10-11(4-9)17-7-16-10/h2-6H,7H2,1H3,(H,13,14,15). The highest BCUT2D eigenvalue weighted by molar-refractivity contribution is 5.60. The van der Waals surface area contributed by atoms with Crippen molar-refractivity contribution in [2.24, 2.45) is 0 Å². The van der Waals surface area contributed by atoms with Crippen LogP contribution in [0.3, 0.4) is 0 Å². The number of hydrogen-bond acceptors (Lipinski definition) is 5. The second kappa shape index (κ2) is 3.93. The minimum Gasteiger partial charge on any atom is -0.454 e. The highest BCUT2D eigenvalue weighted by Crippen LogP contribution is 2.34. The van der Waals surface area contributed by atoms with Gasteiger partial charge in [-0.3, -0.25) is 0 Å². The summed E-state index contributed by atoms with van der Waals surface area (Å²) in [6.07, 6.45) is 3.53. The Labute approximate surface area is 98.4 Å². The van der Waals surface area contributed by atoms with Crippen molar-refractivity contribution in [3.63, 3.8) is 0 Å². The summed E-state index contributed by atoms with van der Waals surface area (Å²) in [7, 11) is 0. The zero-order chi connectivity index (χ0) is 11.7. The maximum absolute atomic E-state index is 5.29. The topological polar surface area (TPSA) is 56.3 Å². The molecule has 3 rings (SSSR count). The molecule has 0 spiro atoms. The van der Waals surface area contributed by atoms with Crippen LogP contribution in [-0.4, -0.2) is 16.8 Å². The number of aromatic nitrogens is 2. The lowest BCUT2D eigenvalue weighted by Gasteiger charge is -2.05. The van der Waals surface area contributed by atoms with Crippen molar-refractivity contribution < 1.29 is 9.47 Å². The van der Waals surface area contributed by atoms with Crippen molar-refractivity contribution in [3.05, 3.63) is 36.2 Å². The van der Waals surface area contributed by atoms with Crippen LogP contribution in [-0.2, 0) is 0 Å². The summed E-state index contributed by atoms with van der Waals surface area (Å²) in [5.74, 6) is 2.07. The first-order chi connectivity index (χ1) is 8.31. The number of aryl methyl sites for hydroxylation is 1. The van der Waals surface area contributed by atoms with Crippen molar-refractivity contribution in [1.29, 1.82) is 0 Å². The van der Waals surface area contributed by atoms with E-state index >= 15 is 0 Å². The van der Waals surface area contributed by atoms with Gasteiger partial charge in [-0.2, -0.15) is 0 Å². The van der Waals surface area contributed by atoms with Gasteiger partial charge in [-0.15, -0.1) is 0 Å². The molecule has 1 N–H and O–H groups in total. The molecule has 0 bridgehead atoms. The molecule has 0 atom stereocenters. The Balaban J connectivity index is 1.83. The fourth-order valence-electron chi connectivity index (χ4n) is 1.56. The summed E-state index contributed by atoms with van der Waals surface area (Å²) in [6.45, 7) is 2.23.